The maximum Gasteiger partial charge on any atom is 0.159 e. The molecule has 3 heteroatoms. The van der Waals surface area contributed by atoms with E-state index in [1.165, 1.54) is 22.3 Å². The van der Waals surface area contributed by atoms with Gasteiger partial charge in [0.25, 0.3) is 0 Å². The van der Waals surface area contributed by atoms with Crippen LogP contribution in [0.25, 0.3) is 11.3 Å². The fourth-order valence-electron chi connectivity index (χ4n) is 2.62. The molecule has 0 fully saturated rings. The highest BCUT2D eigenvalue weighted by Crippen LogP contribution is 2.39. The molecule has 0 aliphatic heterocycles. The van der Waals surface area contributed by atoms with Gasteiger partial charge < -0.3 is 0 Å². The first-order chi connectivity index (χ1) is 9.81. The minimum atomic E-state index is 0.497. The Balaban J connectivity index is 2.76. The Hall–Kier alpha value is -0.670. The van der Waals surface area contributed by atoms with Crippen LogP contribution in [0.15, 0.2) is 21.4 Å². The summed E-state index contributed by atoms with van der Waals surface area (Å²) in [5.41, 5.74) is 6.71. The van der Waals surface area contributed by atoms with Crippen LogP contribution in [0.1, 0.15) is 76.0 Å². The first-order valence-corrected chi connectivity index (χ1v) is 9.27. The lowest BCUT2D eigenvalue weighted by molar-refractivity contribution is 0.806. The van der Waals surface area contributed by atoms with E-state index >= 15 is 0 Å². The van der Waals surface area contributed by atoms with Gasteiger partial charge in [0.15, 0.2) is 3.92 Å². The van der Waals surface area contributed by atoms with Gasteiger partial charge in [-0.2, -0.15) is 0 Å². The minimum Gasteiger partial charge on any atom is -0.229 e. The quantitative estimate of drug-likeness (QED) is 0.571. The van der Waals surface area contributed by atoms with E-state index in [1.807, 2.05) is 0 Å². The average molecular weight is 366 g/mol. The molecule has 0 spiro atoms. The second kappa shape index (κ2) is 6.62. The van der Waals surface area contributed by atoms with E-state index in [2.05, 4.69) is 80.0 Å². The van der Waals surface area contributed by atoms with Crippen molar-refractivity contribution in [2.45, 2.75) is 59.3 Å². The molecule has 2 rings (SSSR count). The van der Waals surface area contributed by atoms with Crippen LogP contribution in [0.4, 0.5) is 0 Å². The van der Waals surface area contributed by atoms with Crippen LogP contribution in [-0.2, 0) is 0 Å². The summed E-state index contributed by atoms with van der Waals surface area (Å²) in [4.78, 5) is 4.68. The Morgan fingerprint density at radius 2 is 1.43 bits per heavy atom. The van der Waals surface area contributed by atoms with Gasteiger partial charge in [0, 0.05) is 10.9 Å². The molecule has 1 heterocycles. The molecule has 0 atom stereocenters. The van der Waals surface area contributed by atoms with Crippen LogP contribution >= 0.6 is 27.3 Å². The Bertz CT molecular complexity index is 597. The van der Waals surface area contributed by atoms with E-state index in [1.54, 1.807) is 11.3 Å². The lowest BCUT2D eigenvalue weighted by Gasteiger charge is -2.22. The predicted molar refractivity (Wildman–Crippen MR) is 97.5 cm³/mol. The molecule has 0 amide bonds. The van der Waals surface area contributed by atoms with Crippen LogP contribution in [-0.4, -0.2) is 4.98 Å². The van der Waals surface area contributed by atoms with Crippen LogP contribution in [0.5, 0.6) is 0 Å². The van der Waals surface area contributed by atoms with Gasteiger partial charge >= 0.3 is 0 Å². The summed E-state index contributed by atoms with van der Waals surface area (Å²) in [6.07, 6.45) is 0. The van der Waals surface area contributed by atoms with Gasteiger partial charge in [0.2, 0.25) is 0 Å². The van der Waals surface area contributed by atoms with Crippen molar-refractivity contribution in [2.24, 2.45) is 0 Å². The minimum absolute atomic E-state index is 0.497. The summed E-state index contributed by atoms with van der Waals surface area (Å²) in [5.74, 6) is 1.55. The zero-order valence-electron chi connectivity index (χ0n) is 13.7. The van der Waals surface area contributed by atoms with Crippen molar-refractivity contribution in [1.29, 1.82) is 0 Å². The zero-order chi connectivity index (χ0) is 15.7. The van der Waals surface area contributed by atoms with Crippen molar-refractivity contribution in [3.63, 3.8) is 0 Å². The van der Waals surface area contributed by atoms with Crippen LogP contribution < -0.4 is 0 Å². The molecule has 114 valence electrons. The molecular weight excluding hydrogens is 342 g/mol. The van der Waals surface area contributed by atoms with Gasteiger partial charge in [-0.1, -0.05) is 53.7 Å². The van der Waals surface area contributed by atoms with Crippen molar-refractivity contribution in [3.8, 4) is 11.3 Å². The Labute approximate surface area is 141 Å². The zero-order valence-corrected chi connectivity index (χ0v) is 16.1. The molecule has 0 unspecified atom stereocenters. The van der Waals surface area contributed by atoms with E-state index in [0.717, 1.165) is 9.61 Å². The standard InChI is InChI=1S/C18H24BrNS/c1-10(2)13-7-14(11(3)4)17(15(8-13)12(5)6)16-9-21-18(19)20-16/h7-12H,1-6H3. The van der Waals surface area contributed by atoms with Crippen LogP contribution in [0, 0.1) is 0 Å². The van der Waals surface area contributed by atoms with E-state index in [9.17, 15) is 0 Å². The summed E-state index contributed by atoms with van der Waals surface area (Å²) in [6, 6.07) is 4.76. The molecule has 0 saturated heterocycles. The lowest BCUT2D eigenvalue weighted by Crippen LogP contribution is -2.03. The van der Waals surface area contributed by atoms with Gasteiger partial charge in [-0.3, -0.25) is 0 Å². The number of rotatable bonds is 4. The summed E-state index contributed by atoms with van der Waals surface area (Å²) >= 11 is 5.15. The molecule has 0 bridgehead atoms. The Kier molecular flexibility index (Phi) is 5.26. The molecule has 0 N–H and O–H groups in total. The molecule has 1 aromatic heterocycles. The smallest absolute Gasteiger partial charge is 0.159 e. The summed E-state index contributed by atoms with van der Waals surface area (Å²) in [7, 11) is 0. The molecule has 0 saturated carbocycles. The average Bonchev–Trinajstić information content (AvgIpc) is 2.83. The number of halogens is 1. The molecule has 0 aliphatic rings. The highest BCUT2D eigenvalue weighted by Gasteiger charge is 2.20. The molecule has 1 aromatic carbocycles. The van der Waals surface area contributed by atoms with Gasteiger partial charge in [-0.25, -0.2) is 4.98 Å². The molecule has 0 aliphatic carbocycles. The number of hydrogen-bond donors (Lipinski definition) is 0. The molecule has 1 nitrogen and oxygen atoms in total. The highest BCUT2D eigenvalue weighted by atomic mass is 79.9. The Morgan fingerprint density at radius 3 is 1.76 bits per heavy atom. The van der Waals surface area contributed by atoms with Crippen LogP contribution in [0.3, 0.4) is 0 Å². The summed E-state index contributed by atoms with van der Waals surface area (Å²) in [6.45, 7) is 13.6. The summed E-state index contributed by atoms with van der Waals surface area (Å²) < 4.78 is 0.954. The third-order valence-corrected chi connectivity index (χ3v) is 5.23. The van der Waals surface area contributed by atoms with Crippen molar-refractivity contribution in [2.75, 3.05) is 0 Å². The normalized spacial score (nSPS) is 11.9. The van der Waals surface area contributed by atoms with E-state index in [-0.39, 0.29) is 0 Å². The van der Waals surface area contributed by atoms with Gasteiger partial charge in [0.05, 0.1) is 5.69 Å². The maximum absolute atomic E-state index is 4.68. The van der Waals surface area contributed by atoms with Crippen molar-refractivity contribution in [1.82, 2.24) is 4.98 Å². The molecule has 2 aromatic rings. The maximum atomic E-state index is 4.68. The second-order valence-electron chi connectivity index (χ2n) is 6.52. The SMILES string of the molecule is CC(C)c1cc(C(C)C)c(-c2csc(Br)n2)c(C(C)C)c1. The number of hydrogen-bond acceptors (Lipinski definition) is 2. The largest absolute Gasteiger partial charge is 0.229 e. The summed E-state index contributed by atoms with van der Waals surface area (Å²) in [5, 5.41) is 2.16. The lowest BCUT2D eigenvalue weighted by atomic mass is 9.83. The third kappa shape index (κ3) is 3.57. The molecular formula is C18H24BrNS. The topological polar surface area (TPSA) is 12.9 Å². The van der Waals surface area contributed by atoms with Crippen molar-refractivity contribution < 1.29 is 0 Å². The molecule has 21 heavy (non-hydrogen) atoms. The third-order valence-electron chi connectivity index (χ3n) is 3.86. The number of thiazole rings is 1. The van der Waals surface area contributed by atoms with Crippen molar-refractivity contribution in [3.05, 3.63) is 38.1 Å². The van der Waals surface area contributed by atoms with Gasteiger partial charge in [-0.15, -0.1) is 11.3 Å². The first kappa shape index (κ1) is 16.7. The number of aromatic nitrogens is 1. The predicted octanol–water partition coefficient (Wildman–Crippen LogP) is 6.94. The second-order valence-corrected chi connectivity index (χ2v) is 8.66. The monoisotopic (exact) mass is 365 g/mol. The number of nitrogens with zero attached hydrogens (tertiary/aromatic N) is 1. The van der Waals surface area contributed by atoms with Crippen molar-refractivity contribution >= 4 is 27.3 Å². The first-order valence-electron chi connectivity index (χ1n) is 7.60. The number of benzene rings is 1. The van der Waals surface area contributed by atoms with Gasteiger partial charge in [0.1, 0.15) is 0 Å². The van der Waals surface area contributed by atoms with Crippen LogP contribution in [0.2, 0.25) is 0 Å². The Morgan fingerprint density at radius 1 is 0.905 bits per heavy atom. The highest BCUT2D eigenvalue weighted by molar-refractivity contribution is 9.11. The van der Waals surface area contributed by atoms with Gasteiger partial charge in [-0.05, 0) is 50.4 Å². The fraction of sp³-hybridized carbons (Fsp3) is 0.500. The van der Waals surface area contributed by atoms with E-state index in [0.29, 0.717) is 17.8 Å². The molecule has 0 radical (unpaired) electrons. The van der Waals surface area contributed by atoms with E-state index < -0.39 is 0 Å². The fourth-order valence-corrected chi connectivity index (χ4v) is 3.62. The van der Waals surface area contributed by atoms with E-state index in [4.69, 9.17) is 0 Å².